The van der Waals surface area contributed by atoms with E-state index in [2.05, 4.69) is 10.3 Å². The summed E-state index contributed by atoms with van der Waals surface area (Å²) in [6.07, 6.45) is 7.96. The summed E-state index contributed by atoms with van der Waals surface area (Å²) in [7, 11) is 0. The highest BCUT2D eigenvalue weighted by Crippen LogP contribution is 2.23. The van der Waals surface area contributed by atoms with Gasteiger partial charge in [0, 0.05) is 36.7 Å². The standard InChI is InChI=1S/C19H19ClN4O3S/c20-17-15(24-9-11-28-19(24)22-17)3-4-16(25)23-7-5-13(6-8-23)18(26)21-12-14-2-1-10-27-14/h1-4,9-11,13H,5-8,12H2,(H,21,26)/b4-3+. The minimum Gasteiger partial charge on any atom is -0.467 e. The molecule has 0 aliphatic carbocycles. The lowest BCUT2D eigenvalue weighted by Gasteiger charge is -2.30. The number of amides is 2. The lowest BCUT2D eigenvalue weighted by molar-refractivity contribution is -0.132. The molecule has 1 saturated heterocycles. The molecule has 4 heterocycles. The minimum atomic E-state index is -0.0873. The van der Waals surface area contributed by atoms with Crippen molar-refractivity contribution >= 4 is 45.8 Å². The zero-order valence-corrected chi connectivity index (χ0v) is 16.6. The number of carbonyl (C=O) groups is 2. The number of nitrogens with zero attached hydrogens (tertiary/aromatic N) is 3. The first-order valence-corrected chi connectivity index (χ1v) is 10.3. The number of nitrogens with one attached hydrogen (secondary N) is 1. The number of halogens is 1. The summed E-state index contributed by atoms with van der Waals surface area (Å²) < 4.78 is 7.07. The van der Waals surface area contributed by atoms with Gasteiger partial charge in [-0.25, -0.2) is 4.98 Å². The van der Waals surface area contributed by atoms with Crippen molar-refractivity contribution in [1.29, 1.82) is 0 Å². The molecule has 1 aliphatic rings. The zero-order chi connectivity index (χ0) is 19.5. The van der Waals surface area contributed by atoms with Crippen LogP contribution in [0.5, 0.6) is 0 Å². The van der Waals surface area contributed by atoms with Crippen molar-refractivity contribution in [3.05, 3.63) is 52.7 Å². The minimum absolute atomic E-state index is 0.00457. The van der Waals surface area contributed by atoms with Crippen LogP contribution in [0, 0.1) is 5.92 Å². The Balaban J connectivity index is 1.29. The van der Waals surface area contributed by atoms with Crippen LogP contribution < -0.4 is 5.32 Å². The molecule has 1 fully saturated rings. The monoisotopic (exact) mass is 418 g/mol. The number of rotatable bonds is 5. The highest BCUT2D eigenvalue weighted by atomic mass is 35.5. The predicted molar refractivity (Wildman–Crippen MR) is 107 cm³/mol. The molecule has 0 radical (unpaired) electrons. The zero-order valence-electron chi connectivity index (χ0n) is 15.0. The average molecular weight is 419 g/mol. The Morgan fingerprint density at radius 3 is 2.96 bits per heavy atom. The van der Waals surface area contributed by atoms with Gasteiger partial charge in [-0.3, -0.25) is 14.0 Å². The molecule has 4 rings (SSSR count). The maximum atomic E-state index is 12.5. The van der Waals surface area contributed by atoms with E-state index in [1.807, 2.05) is 22.0 Å². The van der Waals surface area contributed by atoms with Crippen molar-refractivity contribution < 1.29 is 14.0 Å². The quantitative estimate of drug-likeness (QED) is 0.645. The molecular formula is C19H19ClN4O3S. The molecule has 1 aliphatic heterocycles. The highest BCUT2D eigenvalue weighted by Gasteiger charge is 2.26. The van der Waals surface area contributed by atoms with Crippen molar-refractivity contribution in [2.24, 2.45) is 5.92 Å². The molecule has 28 heavy (non-hydrogen) atoms. The topological polar surface area (TPSA) is 79.8 Å². The van der Waals surface area contributed by atoms with E-state index in [0.29, 0.717) is 43.3 Å². The van der Waals surface area contributed by atoms with Crippen LogP contribution in [0.3, 0.4) is 0 Å². The van der Waals surface area contributed by atoms with Crippen LogP contribution in [0.1, 0.15) is 24.3 Å². The van der Waals surface area contributed by atoms with Gasteiger partial charge >= 0.3 is 0 Å². The predicted octanol–water partition coefficient (Wildman–Crippen LogP) is 3.21. The maximum absolute atomic E-state index is 12.5. The van der Waals surface area contributed by atoms with Crippen LogP contribution in [0.2, 0.25) is 5.15 Å². The van der Waals surface area contributed by atoms with Gasteiger partial charge in [0.25, 0.3) is 0 Å². The Hall–Kier alpha value is -2.58. The number of piperidine rings is 1. The molecule has 0 unspecified atom stereocenters. The Morgan fingerprint density at radius 2 is 2.21 bits per heavy atom. The van der Waals surface area contributed by atoms with Gasteiger partial charge in [0.2, 0.25) is 11.8 Å². The molecule has 0 aromatic carbocycles. The summed E-state index contributed by atoms with van der Waals surface area (Å²) in [5.41, 5.74) is 0.693. The van der Waals surface area contributed by atoms with Gasteiger partial charge in [-0.15, -0.1) is 11.3 Å². The molecule has 0 saturated carbocycles. The van der Waals surface area contributed by atoms with Crippen molar-refractivity contribution in [1.82, 2.24) is 19.6 Å². The number of aromatic nitrogens is 2. The SMILES string of the molecule is O=C(NCc1ccco1)C1CCN(C(=O)/C=C/c2c(Cl)nc3sccn23)CC1. The summed E-state index contributed by atoms with van der Waals surface area (Å²) >= 11 is 7.63. The molecule has 2 amide bonds. The van der Waals surface area contributed by atoms with Crippen LogP contribution in [0.15, 0.2) is 40.5 Å². The van der Waals surface area contributed by atoms with E-state index in [4.69, 9.17) is 16.0 Å². The van der Waals surface area contributed by atoms with Crippen LogP contribution in [0.25, 0.3) is 11.0 Å². The summed E-state index contributed by atoms with van der Waals surface area (Å²) in [6.45, 7) is 1.49. The number of hydrogen-bond donors (Lipinski definition) is 1. The lowest BCUT2D eigenvalue weighted by atomic mass is 9.96. The van der Waals surface area contributed by atoms with Gasteiger partial charge in [-0.05, 0) is 31.1 Å². The van der Waals surface area contributed by atoms with E-state index in [1.54, 1.807) is 23.3 Å². The third kappa shape index (κ3) is 3.98. The van der Waals surface area contributed by atoms with Crippen LogP contribution >= 0.6 is 22.9 Å². The van der Waals surface area contributed by atoms with Gasteiger partial charge in [0.05, 0.1) is 18.5 Å². The molecular weight excluding hydrogens is 400 g/mol. The summed E-state index contributed by atoms with van der Waals surface area (Å²) in [5, 5.41) is 5.18. The Labute approximate surface area is 170 Å². The van der Waals surface area contributed by atoms with Gasteiger partial charge in [0.1, 0.15) is 5.76 Å². The van der Waals surface area contributed by atoms with Crippen molar-refractivity contribution in [2.75, 3.05) is 13.1 Å². The molecule has 146 valence electrons. The number of imidazole rings is 1. The van der Waals surface area contributed by atoms with E-state index < -0.39 is 0 Å². The molecule has 0 atom stereocenters. The van der Waals surface area contributed by atoms with E-state index in [0.717, 1.165) is 10.7 Å². The van der Waals surface area contributed by atoms with Crippen molar-refractivity contribution in [2.45, 2.75) is 19.4 Å². The second kappa shape index (κ2) is 8.20. The van der Waals surface area contributed by atoms with Gasteiger partial charge < -0.3 is 14.6 Å². The Kier molecular flexibility index (Phi) is 5.50. The fourth-order valence-electron chi connectivity index (χ4n) is 3.28. The number of hydrogen-bond acceptors (Lipinski definition) is 5. The van der Waals surface area contributed by atoms with Crippen LogP contribution in [-0.2, 0) is 16.1 Å². The first-order valence-electron chi connectivity index (χ1n) is 9.00. The van der Waals surface area contributed by atoms with Gasteiger partial charge in [-0.1, -0.05) is 11.6 Å². The number of furan rings is 1. The molecule has 7 nitrogen and oxygen atoms in total. The van der Waals surface area contributed by atoms with Crippen molar-refractivity contribution in [3.63, 3.8) is 0 Å². The number of thiazole rings is 1. The van der Waals surface area contributed by atoms with E-state index in [-0.39, 0.29) is 17.7 Å². The van der Waals surface area contributed by atoms with Gasteiger partial charge in [0.15, 0.2) is 10.1 Å². The van der Waals surface area contributed by atoms with E-state index >= 15 is 0 Å². The first kappa shape index (κ1) is 18.8. The molecule has 0 bridgehead atoms. The first-order chi connectivity index (χ1) is 13.6. The maximum Gasteiger partial charge on any atom is 0.246 e. The largest absolute Gasteiger partial charge is 0.467 e. The van der Waals surface area contributed by atoms with Crippen LogP contribution in [-0.4, -0.2) is 39.2 Å². The van der Waals surface area contributed by atoms with Gasteiger partial charge in [-0.2, -0.15) is 0 Å². The summed E-state index contributed by atoms with van der Waals surface area (Å²) in [4.78, 5) is 31.6. The lowest BCUT2D eigenvalue weighted by Crippen LogP contribution is -2.42. The Morgan fingerprint density at radius 1 is 1.39 bits per heavy atom. The molecule has 9 heteroatoms. The van der Waals surface area contributed by atoms with E-state index in [9.17, 15) is 9.59 Å². The fourth-order valence-corrected chi connectivity index (χ4v) is 4.28. The second-order valence-electron chi connectivity index (χ2n) is 6.57. The fraction of sp³-hybridized carbons (Fsp3) is 0.316. The smallest absolute Gasteiger partial charge is 0.246 e. The molecule has 3 aromatic rings. The number of likely N-dealkylation sites (tertiary alicyclic amines) is 1. The number of carbonyl (C=O) groups excluding carboxylic acids is 2. The average Bonchev–Trinajstić information content (AvgIpc) is 3.43. The summed E-state index contributed by atoms with van der Waals surface area (Å²) in [6, 6.07) is 3.62. The second-order valence-corrected chi connectivity index (χ2v) is 7.80. The third-order valence-electron chi connectivity index (χ3n) is 4.83. The van der Waals surface area contributed by atoms with Crippen molar-refractivity contribution in [3.8, 4) is 0 Å². The Bertz CT molecular complexity index is 1000. The number of fused-ring (bicyclic) bond motifs is 1. The van der Waals surface area contributed by atoms with Crippen LogP contribution in [0.4, 0.5) is 0 Å². The normalized spacial score (nSPS) is 15.5. The molecule has 1 N–H and O–H groups in total. The summed E-state index contributed by atoms with van der Waals surface area (Å²) in [5.74, 6) is 0.558. The third-order valence-corrected chi connectivity index (χ3v) is 5.87. The molecule has 3 aromatic heterocycles. The highest BCUT2D eigenvalue weighted by molar-refractivity contribution is 7.15. The molecule has 0 spiro atoms. The van der Waals surface area contributed by atoms with E-state index in [1.165, 1.54) is 17.4 Å².